The lowest BCUT2D eigenvalue weighted by Gasteiger charge is -2.28. The molecule has 2 heterocycles. The highest BCUT2D eigenvalue weighted by atomic mass is 16.6. The van der Waals surface area contributed by atoms with Crippen LogP contribution in [0.4, 0.5) is 5.69 Å². The van der Waals surface area contributed by atoms with E-state index < -0.39 is 4.92 Å². The Hall–Kier alpha value is -2.35. The molecule has 2 saturated heterocycles. The zero-order chi connectivity index (χ0) is 17.3. The molecule has 8 nitrogen and oxygen atoms in total. The van der Waals surface area contributed by atoms with Crippen molar-refractivity contribution in [2.75, 3.05) is 27.3 Å². The molecule has 2 bridgehead atoms. The number of hydrogen-bond acceptors (Lipinski definition) is 6. The third-order valence-electron chi connectivity index (χ3n) is 4.82. The maximum atomic E-state index is 13.1. The van der Waals surface area contributed by atoms with Gasteiger partial charge in [0.15, 0.2) is 11.5 Å². The summed E-state index contributed by atoms with van der Waals surface area (Å²) in [5.74, 6) is 0.242. The summed E-state index contributed by atoms with van der Waals surface area (Å²) in [4.78, 5) is 25.8. The Bertz CT molecular complexity index is 649. The van der Waals surface area contributed by atoms with Crippen molar-refractivity contribution in [3.8, 4) is 11.5 Å². The van der Waals surface area contributed by atoms with Crippen LogP contribution in [-0.2, 0) is 0 Å². The Labute approximate surface area is 139 Å². The van der Waals surface area contributed by atoms with Gasteiger partial charge in [-0.05, 0) is 25.8 Å². The number of carbonyl (C=O) groups excluding carboxylic acids is 1. The predicted octanol–water partition coefficient (Wildman–Crippen LogP) is 1.58. The normalized spacial score (nSPS) is 22.8. The largest absolute Gasteiger partial charge is 0.493 e. The fourth-order valence-electron chi connectivity index (χ4n) is 3.64. The van der Waals surface area contributed by atoms with Crippen molar-refractivity contribution in [3.63, 3.8) is 0 Å². The molecule has 2 atom stereocenters. The Balaban J connectivity index is 2.04. The van der Waals surface area contributed by atoms with Gasteiger partial charge in [0.2, 0.25) is 0 Å². The average molecular weight is 335 g/mol. The van der Waals surface area contributed by atoms with Crippen LogP contribution in [0, 0.1) is 10.1 Å². The number of rotatable bonds is 4. The van der Waals surface area contributed by atoms with Gasteiger partial charge in [-0.15, -0.1) is 0 Å². The van der Waals surface area contributed by atoms with Crippen LogP contribution >= 0.6 is 0 Å². The van der Waals surface area contributed by atoms with E-state index in [2.05, 4.69) is 5.32 Å². The molecule has 24 heavy (non-hydrogen) atoms. The van der Waals surface area contributed by atoms with Crippen LogP contribution in [0.3, 0.4) is 0 Å². The molecule has 1 aromatic rings. The van der Waals surface area contributed by atoms with Crippen LogP contribution in [0.25, 0.3) is 0 Å². The minimum atomic E-state index is -0.548. The number of fused-ring (bicyclic) bond motifs is 2. The van der Waals surface area contributed by atoms with Crippen LogP contribution in [0.15, 0.2) is 12.1 Å². The lowest BCUT2D eigenvalue weighted by molar-refractivity contribution is -0.385. The van der Waals surface area contributed by atoms with Gasteiger partial charge >= 0.3 is 0 Å². The van der Waals surface area contributed by atoms with Gasteiger partial charge in [-0.2, -0.15) is 0 Å². The van der Waals surface area contributed by atoms with Crippen LogP contribution in [0.1, 0.15) is 29.6 Å². The highest BCUT2D eigenvalue weighted by Gasteiger charge is 2.40. The Morgan fingerprint density at radius 2 is 1.88 bits per heavy atom. The fraction of sp³-hybridized carbons (Fsp3) is 0.562. The van der Waals surface area contributed by atoms with E-state index in [0.717, 1.165) is 32.4 Å². The number of nitro groups is 1. The summed E-state index contributed by atoms with van der Waals surface area (Å²) in [6.45, 7) is 1.59. The molecule has 8 heteroatoms. The van der Waals surface area contributed by atoms with Crippen molar-refractivity contribution in [1.29, 1.82) is 0 Å². The van der Waals surface area contributed by atoms with E-state index in [4.69, 9.17) is 9.47 Å². The van der Waals surface area contributed by atoms with E-state index >= 15 is 0 Å². The van der Waals surface area contributed by atoms with Crippen LogP contribution in [-0.4, -0.2) is 55.1 Å². The summed E-state index contributed by atoms with van der Waals surface area (Å²) in [5, 5.41) is 14.8. The number of carbonyl (C=O) groups is 1. The van der Waals surface area contributed by atoms with Gasteiger partial charge in [0.05, 0.1) is 25.2 Å². The molecule has 0 aliphatic carbocycles. The van der Waals surface area contributed by atoms with E-state index in [0.29, 0.717) is 5.75 Å². The SMILES string of the molecule is COc1cc(C(=O)N2C3CCNCC2CC3)c([N+](=O)[O-])cc1OC. The monoisotopic (exact) mass is 335 g/mol. The first-order valence-corrected chi connectivity index (χ1v) is 8.00. The minimum absolute atomic E-state index is 0.0523. The molecule has 2 unspecified atom stereocenters. The van der Waals surface area contributed by atoms with Gasteiger partial charge in [-0.25, -0.2) is 0 Å². The number of nitro benzene ring substituents is 1. The van der Waals surface area contributed by atoms with Crippen LogP contribution in [0.5, 0.6) is 11.5 Å². The molecule has 0 radical (unpaired) electrons. The molecule has 0 spiro atoms. The highest BCUT2D eigenvalue weighted by molar-refractivity contribution is 5.99. The molecule has 1 N–H and O–H groups in total. The second-order valence-corrected chi connectivity index (χ2v) is 6.07. The summed E-state index contributed by atoms with van der Waals surface area (Å²) in [5.41, 5.74) is -0.203. The van der Waals surface area contributed by atoms with Crippen molar-refractivity contribution in [2.45, 2.75) is 31.3 Å². The summed E-state index contributed by atoms with van der Waals surface area (Å²) < 4.78 is 10.3. The van der Waals surface area contributed by atoms with E-state index in [-0.39, 0.29) is 35.0 Å². The molecular weight excluding hydrogens is 314 g/mol. The molecule has 2 aliphatic rings. The van der Waals surface area contributed by atoms with Gasteiger partial charge in [0.1, 0.15) is 5.56 Å². The van der Waals surface area contributed by atoms with Gasteiger partial charge in [-0.3, -0.25) is 14.9 Å². The molecule has 0 saturated carbocycles. The van der Waals surface area contributed by atoms with Crippen molar-refractivity contribution in [3.05, 3.63) is 27.8 Å². The Kier molecular flexibility index (Phi) is 4.57. The summed E-state index contributed by atoms with van der Waals surface area (Å²) in [7, 11) is 2.85. The van der Waals surface area contributed by atoms with E-state index in [1.165, 1.54) is 26.4 Å². The zero-order valence-corrected chi connectivity index (χ0v) is 13.8. The van der Waals surface area contributed by atoms with Crippen molar-refractivity contribution in [1.82, 2.24) is 10.2 Å². The summed E-state index contributed by atoms with van der Waals surface area (Å²) in [6.07, 6.45) is 2.73. The van der Waals surface area contributed by atoms with E-state index in [1.54, 1.807) is 0 Å². The number of hydrogen-bond donors (Lipinski definition) is 1. The summed E-state index contributed by atoms with van der Waals surface area (Å²) >= 11 is 0. The molecule has 3 rings (SSSR count). The average Bonchev–Trinajstić information content (AvgIpc) is 2.85. The second-order valence-electron chi connectivity index (χ2n) is 6.07. The smallest absolute Gasteiger partial charge is 0.286 e. The first kappa shape index (κ1) is 16.5. The standard InChI is InChI=1S/C16H21N3O5/c1-23-14-7-12(13(19(21)22)8-15(14)24-2)16(20)18-10-3-4-11(18)9-17-6-5-10/h7-8,10-11,17H,3-6,9H2,1-2H3. The molecule has 1 aromatic carbocycles. The first-order valence-electron chi connectivity index (χ1n) is 8.00. The van der Waals surface area contributed by atoms with Crippen LogP contribution < -0.4 is 14.8 Å². The number of nitrogens with one attached hydrogen (secondary N) is 1. The quantitative estimate of drug-likeness (QED) is 0.663. The lowest BCUT2D eigenvalue weighted by atomic mass is 10.1. The van der Waals surface area contributed by atoms with Gasteiger partial charge in [0, 0.05) is 24.7 Å². The second kappa shape index (κ2) is 6.64. The van der Waals surface area contributed by atoms with E-state index in [9.17, 15) is 14.9 Å². The Morgan fingerprint density at radius 1 is 1.21 bits per heavy atom. The van der Waals surface area contributed by atoms with Crippen molar-refractivity contribution in [2.24, 2.45) is 0 Å². The summed E-state index contributed by atoms with van der Waals surface area (Å²) in [6, 6.07) is 2.88. The van der Waals surface area contributed by atoms with E-state index in [1.807, 2.05) is 4.90 Å². The van der Waals surface area contributed by atoms with Gasteiger partial charge < -0.3 is 19.7 Å². The Morgan fingerprint density at radius 3 is 2.54 bits per heavy atom. The van der Waals surface area contributed by atoms with Crippen LogP contribution in [0.2, 0.25) is 0 Å². The fourth-order valence-corrected chi connectivity index (χ4v) is 3.64. The maximum absolute atomic E-state index is 13.1. The van der Waals surface area contributed by atoms with Crippen molar-refractivity contribution >= 4 is 11.6 Å². The number of nitrogens with zero attached hydrogens (tertiary/aromatic N) is 2. The maximum Gasteiger partial charge on any atom is 0.286 e. The minimum Gasteiger partial charge on any atom is -0.493 e. The topological polar surface area (TPSA) is 93.9 Å². The predicted molar refractivity (Wildman–Crippen MR) is 86.7 cm³/mol. The third-order valence-corrected chi connectivity index (χ3v) is 4.82. The highest BCUT2D eigenvalue weighted by Crippen LogP contribution is 2.37. The van der Waals surface area contributed by atoms with Gasteiger partial charge in [0.25, 0.3) is 11.6 Å². The molecule has 1 amide bonds. The lowest BCUT2D eigenvalue weighted by Crippen LogP contribution is -2.42. The first-order chi connectivity index (χ1) is 11.6. The molecule has 0 aromatic heterocycles. The number of ether oxygens (including phenoxy) is 2. The van der Waals surface area contributed by atoms with Gasteiger partial charge in [-0.1, -0.05) is 0 Å². The van der Waals surface area contributed by atoms with Crippen molar-refractivity contribution < 1.29 is 19.2 Å². The molecule has 2 fully saturated rings. The molecule has 2 aliphatic heterocycles. The number of benzene rings is 1. The third kappa shape index (κ3) is 2.77. The molecular formula is C16H21N3O5. The number of methoxy groups -OCH3 is 2. The zero-order valence-electron chi connectivity index (χ0n) is 13.8. The number of amides is 1. The molecule has 130 valence electrons.